The molecule has 4 heteroatoms. The fourth-order valence-electron chi connectivity index (χ4n) is 2.20. The Hall–Kier alpha value is -2.41. The van der Waals surface area contributed by atoms with Gasteiger partial charge in [0, 0.05) is 37.6 Å². The van der Waals surface area contributed by atoms with Gasteiger partial charge in [0.15, 0.2) is 0 Å². The summed E-state index contributed by atoms with van der Waals surface area (Å²) in [5.41, 5.74) is 4.36. The van der Waals surface area contributed by atoms with E-state index in [1.165, 1.54) is 0 Å². The number of nitrogens with zero attached hydrogens (tertiary/aromatic N) is 4. The van der Waals surface area contributed by atoms with Crippen molar-refractivity contribution in [2.24, 2.45) is 0 Å². The first-order chi connectivity index (χ1) is 9.61. The summed E-state index contributed by atoms with van der Waals surface area (Å²) >= 11 is 0. The molecule has 0 aromatic carbocycles. The SMILES string of the molecule is Cc1cc(N(C)CCc2ccccn2)c(C#N)c(C)n1. The van der Waals surface area contributed by atoms with Gasteiger partial charge in [0.25, 0.3) is 0 Å². The number of hydrogen-bond acceptors (Lipinski definition) is 4. The van der Waals surface area contributed by atoms with Crippen molar-refractivity contribution in [2.45, 2.75) is 20.3 Å². The maximum atomic E-state index is 9.30. The van der Waals surface area contributed by atoms with Gasteiger partial charge in [0.05, 0.1) is 16.9 Å². The molecule has 2 aromatic rings. The number of hydrogen-bond donors (Lipinski definition) is 0. The highest BCUT2D eigenvalue weighted by atomic mass is 15.1. The highest BCUT2D eigenvalue weighted by molar-refractivity contribution is 5.61. The van der Waals surface area contributed by atoms with E-state index in [1.807, 2.05) is 45.2 Å². The molecule has 102 valence electrons. The predicted octanol–water partition coefficient (Wildman–Crippen LogP) is 2.64. The van der Waals surface area contributed by atoms with Crippen LogP contribution in [0.25, 0.3) is 0 Å². The molecule has 0 unspecified atom stereocenters. The number of rotatable bonds is 4. The summed E-state index contributed by atoms with van der Waals surface area (Å²) in [7, 11) is 2.00. The highest BCUT2D eigenvalue weighted by Gasteiger charge is 2.12. The Morgan fingerprint density at radius 3 is 2.75 bits per heavy atom. The lowest BCUT2D eigenvalue weighted by Gasteiger charge is -2.21. The van der Waals surface area contributed by atoms with Crippen molar-refractivity contribution in [3.8, 4) is 6.07 Å². The Balaban J connectivity index is 2.17. The maximum absolute atomic E-state index is 9.30. The molecule has 4 nitrogen and oxygen atoms in total. The molecule has 0 radical (unpaired) electrons. The predicted molar refractivity (Wildman–Crippen MR) is 79.6 cm³/mol. The van der Waals surface area contributed by atoms with Crippen LogP contribution in [0.3, 0.4) is 0 Å². The number of nitriles is 1. The number of likely N-dealkylation sites (N-methyl/N-ethyl adjacent to an activating group) is 1. The standard InChI is InChI=1S/C16H18N4/c1-12-10-16(15(11-17)13(2)19-12)20(3)9-7-14-6-4-5-8-18-14/h4-6,8,10H,7,9H2,1-3H3. The number of anilines is 1. The average Bonchev–Trinajstić information content (AvgIpc) is 2.45. The van der Waals surface area contributed by atoms with Gasteiger partial charge in [-0.15, -0.1) is 0 Å². The zero-order valence-corrected chi connectivity index (χ0v) is 12.1. The average molecular weight is 266 g/mol. The summed E-state index contributed by atoms with van der Waals surface area (Å²) in [6.45, 7) is 4.64. The minimum Gasteiger partial charge on any atom is -0.373 e. The molecule has 0 saturated carbocycles. The van der Waals surface area contributed by atoms with Crippen molar-refractivity contribution < 1.29 is 0 Å². The van der Waals surface area contributed by atoms with Crippen molar-refractivity contribution >= 4 is 5.69 Å². The van der Waals surface area contributed by atoms with Gasteiger partial charge in [0.2, 0.25) is 0 Å². The minimum absolute atomic E-state index is 0.652. The molecule has 0 spiro atoms. The molecule has 20 heavy (non-hydrogen) atoms. The van der Waals surface area contributed by atoms with Crippen LogP contribution in [0.2, 0.25) is 0 Å². The minimum atomic E-state index is 0.652. The molecule has 0 N–H and O–H groups in total. The van der Waals surface area contributed by atoms with Crippen molar-refractivity contribution in [2.75, 3.05) is 18.5 Å². The first-order valence-corrected chi connectivity index (χ1v) is 6.61. The Morgan fingerprint density at radius 1 is 1.30 bits per heavy atom. The van der Waals surface area contributed by atoms with E-state index in [2.05, 4.69) is 20.9 Å². The summed E-state index contributed by atoms with van der Waals surface area (Å²) in [4.78, 5) is 10.8. The summed E-state index contributed by atoms with van der Waals surface area (Å²) in [6.07, 6.45) is 2.65. The molecule has 0 saturated heterocycles. The third-order valence-electron chi connectivity index (χ3n) is 3.26. The zero-order valence-electron chi connectivity index (χ0n) is 12.1. The Labute approximate surface area is 119 Å². The molecule has 0 aliphatic rings. The third kappa shape index (κ3) is 3.12. The van der Waals surface area contributed by atoms with Crippen molar-refractivity contribution in [3.63, 3.8) is 0 Å². The Bertz CT molecular complexity index is 629. The quantitative estimate of drug-likeness (QED) is 0.853. The number of pyridine rings is 2. The van der Waals surface area contributed by atoms with E-state index in [-0.39, 0.29) is 0 Å². The van der Waals surface area contributed by atoms with Gasteiger partial charge in [-0.1, -0.05) is 6.07 Å². The fourth-order valence-corrected chi connectivity index (χ4v) is 2.20. The van der Waals surface area contributed by atoms with Crippen molar-refractivity contribution in [3.05, 3.63) is 53.1 Å². The van der Waals surface area contributed by atoms with Crippen LogP contribution in [0.1, 0.15) is 22.6 Å². The zero-order chi connectivity index (χ0) is 14.5. The first kappa shape index (κ1) is 14.0. The van der Waals surface area contributed by atoms with Gasteiger partial charge in [-0.3, -0.25) is 9.97 Å². The number of aromatic nitrogens is 2. The van der Waals surface area contributed by atoms with E-state index < -0.39 is 0 Å². The molecule has 0 fully saturated rings. The van der Waals surface area contributed by atoms with Crippen LogP contribution in [-0.4, -0.2) is 23.6 Å². The molecule has 0 aliphatic carbocycles. The molecule has 2 rings (SSSR count). The van der Waals surface area contributed by atoms with Gasteiger partial charge in [-0.2, -0.15) is 5.26 Å². The topological polar surface area (TPSA) is 52.8 Å². The molecule has 2 aromatic heterocycles. The van der Waals surface area contributed by atoms with Crippen LogP contribution in [0.5, 0.6) is 0 Å². The van der Waals surface area contributed by atoms with Gasteiger partial charge < -0.3 is 4.90 Å². The lowest BCUT2D eigenvalue weighted by Crippen LogP contribution is -2.22. The third-order valence-corrected chi connectivity index (χ3v) is 3.26. The second kappa shape index (κ2) is 6.16. The first-order valence-electron chi connectivity index (χ1n) is 6.61. The molecule has 2 heterocycles. The molecular weight excluding hydrogens is 248 g/mol. The lowest BCUT2D eigenvalue weighted by atomic mass is 10.1. The maximum Gasteiger partial charge on any atom is 0.103 e. The largest absolute Gasteiger partial charge is 0.373 e. The van der Waals surface area contributed by atoms with Gasteiger partial charge in [-0.25, -0.2) is 0 Å². The van der Waals surface area contributed by atoms with E-state index in [0.717, 1.165) is 35.7 Å². The highest BCUT2D eigenvalue weighted by Crippen LogP contribution is 2.22. The van der Waals surface area contributed by atoms with Crippen LogP contribution in [0.15, 0.2) is 30.5 Å². The molecule has 0 amide bonds. The van der Waals surface area contributed by atoms with Crippen LogP contribution >= 0.6 is 0 Å². The van der Waals surface area contributed by atoms with Crippen molar-refractivity contribution in [1.29, 1.82) is 5.26 Å². The number of aryl methyl sites for hydroxylation is 2. The van der Waals surface area contributed by atoms with Crippen LogP contribution in [-0.2, 0) is 6.42 Å². The van der Waals surface area contributed by atoms with Crippen LogP contribution in [0.4, 0.5) is 5.69 Å². The smallest absolute Gasteiger partial charge is 0.103 e. The fraction of sp³-hybridized carbons (Fsp3) is 0.312. The van der Waals surface area contributed by atoms with Gasteiger partial charge >= 0.3 is 0 Å². The van der Waals surface area contributed by atoms with Crippen LogP contribution in [0, 0.1) is 25.2 Å². The summed E-state index contributed by atoms with van der Waals surface area (Å²) in [5.74, 6) is 0. The molecule has 0 bridgehead atoms. The summed E-state index contributed by atoms with van der Waals surface area (Å²) in [5, 5.41) is 9.30. The van der Waals surface area contributed by atoms with Gasteiger partial charge in [-0.05, 0) is 32.0 Å². The summed E-state index contributed by atoms with van der Waals surface area (Å²) in [6, 6.07) is 10.1. The second-order valence-corrected chi connectivity index (χ2v) is 4.85. The van der Waals surface area contributed by atoms with E-state index in [4.69, 9.17) is 0 Å². The normalized spacial score (nSPS) is 10.1. The molecule has 0 aliphatic heterocycles. The summed E-state index contributed by atoms with van der Waals surface area (Å²) < 4.78 is 0. The molecule has 0 atom stereocenters. The Morgan fingerprint density at radius 2 is 2.10 bits per heavy atom. The van der Waals surface area contributed by atoms with E-state index in [1.54, 1.807) is 6.20 Å². The van der Waals surface area contributed by atoms with E-state index >= 15 is 0 Å². The van der Waals surface area contributed by atoms with E-state index in [9.17, 15) is 5.26 Å². The monoisotopic (exact) mass is 266 g/mol. The molecular formula is C16H18N4. The lowest BCUT2D eigenvalue weighted by molar-refractivity contribution is 0.847. The Kier molecular flexibility index (Phi) is 4.31. The van der Waals surface area contributed by atoms with Crippen LogP contribution < -0.4 is 4.90 Å². The second-order valence-electron chi connectivity index (χ2n) is 4.85. The van der Waals surface area contributed by atoms with Crippen molar-refractivity contribution in [1.82, 2.24) is 9.97 Å². The van der Waals surface area contributed by atoms with E-state index in [0.29, 0.717) is 5.56 Å². The van der Waals surface area contributed by atoms with Gasteiger partial charge in [0.1, 0.15) is 6.07 Å².